The van der Waals surface area contributed by atoms with Gasteiger partial charge in [-0.25, -0.2) is 0 Å². The van der Waals surface area contributed by atoms with E-state index < -0.39 is 0 Å². The van der Waals surface area contributed by atoms with Gasteiger partial charge in [0.2, 0.25) is 0 Å². The van der Waals surface area contributed by atoms with Crippen molar-refractivity contribution >= 4 is 23.8 Å². The number of aromatic hydroxyl groups is 2. The maximum Gasteiger partial charge on any atom is 0.128 e. The van der Waals surface area contributed by atoms with E-state index in [4.69, 9.17) is 14.7 Å². The first-order valence-corrected chi connectivity index (χ1v) is 15.3. The normalized spacial score (nSPS) is 12.5. The molecule has 0 aromatic heterocycles. The van der Waals surface area contributed by atoms with E-state index in [9.17, 15) is 10.2 Å². The second kappa shape index (κ2) is 14.0. The maximum atomic E-state index is 11.2. The van der Waals surface area contributed by atoms with Gasteiger partial charge in [0, 0.05) is 40.7 Å². The molecule has 2 N–H and O–H groups in total. The summed E-state index contributed by atoms with van der Waals surface area (Å²) in [6.07, 6.45) is 9.73. The number of phenols is 2. The van der Waals surface area contributed by atoms with Gasteiger partial charge in [-0.3, -0.25) is 9.98 Å². The van der Waals surface area contributed by atoms with Crippen LogP contribution in [0.4, 0.5) is 11.4 Å². The SMILES string of the molecule is CCCCc1cc(C=Nc2ccc(OC)cc2N=Cc2cc(CCCC)cc(C(C)(C)C)c2O)c(O)c(C(C)(C)C)c1. The quantitative estimate of drug-likeness (QED) is 0.225. The molecule has 5 heteroatoms. The summed E-state index contributed by atoms with van der Waals surface area (Å²) >= 11 is 0. The minimum absolute atomic E-state index is 0.204. The molecule has 0 radical (unpaired) electrons. The van der Waals surface area contributed by atoms with Crippen molar-refractivity contribution in [3.05, 3.63) is 75.8 Å². The number of phenolic OH excluding ortho intramolecular Hbond substituents is 2. The van der Waals surface area contributed by atoms with Gasteiger partial charge in [-0.15, -0.1) is 0 Å². The van der Waals surface area contributed by atoms with Gasteiger partial charge < -0.3 is 14.9 Å². The van der Waals surface area contributed by atoms with E-state index in [1.165, 1.54) is 11.1 Å². The number of aliphatic imine (C=N–C) groups is 2. The monoisotopic (exact) mass is 570 g/mol. The van der Waals surface area contributed by atoms with Crippen molar-refractivity contribution in [2.45, 2.75) is 105 Å². The van der Waals surface area contributed by atoms with Crippen LogP contribution in [0.15, 0.2) is 52.4 Å². The van der Waals surface area contributed by atoms with Gasteiger partial charge in [0.15, 0.2) is 0 Å². The molecule has 0 atom stereocenters. The molecule has 42 heavy (non-hydrogen) atoms. The number of unbranched alkanes of at least 4 members (excludes halogenated alkanes) is 2. The van der Waals surface area contributed by atoms with E-state index in [-0.39, 0.29) is 22.3 Å². The van der Waals surface area contributed by atoms with Crippen LogP contribution in [0.5, 0.6) is 17.2 Å². The van der Waals surface area contributed by atoms with Crippen molar-refractivity contribution in [2.75, 3.05) is 7.11 Å². The molecule has 226 valence electrons. The number of benzene rings is 3. The highest BCUT2D eigenvalue weighted by atomic mass is 16.5. The van der Waals surface area contributed by atoms with Gasteiger partial charge in [0.25, 0.3) is 0 Å². The lowest BCUT2D eigenvalue weighted by Crippen LogP contribution is -2.13. The van der Waals surface area contributed by atoms with E-state index in [2.05, 4.69) is 67.5 Å². The number of hydrogen-bond acceptors (Lipinski definition) is 5. The topological polar surface area (TPSA) is 74.4 Å². The largest absolute Gasteiger partial charge is 0.507 e. The Kier molecular flexibility index (Phi) is 11.0. The lowest BCUT2D eigenvalue weighted by atomic mass is 9.83. The highest BCUT2D eigenvalue weighted by Crippen LogP contribution is 2.38. The van der Waals surface area contributed by atoms with Gasteiger partial charge in [0.05, 0.1) is 18.5 Å². The molecule has 0 spiro atoms. The standard InChI is InChI=1S/C37H50N2O3/c1-10-12-14-25-18-27(34(40)30(20-25)36(3,4)5)23-38-32-17-16-29(42-9)22-33(32)39-24-28-19-26(15-13-11-2)21-31(35(28)41)37(6,7)8/h16-24,40-41H,10-15H2,1-9H3. The van der Waals surface area contributed by atoms with Crippen LogP contribution < -0.4 is 4.74 Å². The Labute approximate surface area is 253 Å². The summed E-state index contributed by atoms with van der Waals surface area (Å²) in [6, 6.07) is 13.9. The minimum atomic E-state index is -0.208. The Morgan fingerprint density at radius 2 is 1.12 bits per heavy atom. The van der Waals surface area contributed by atoms with Crippen LogP contribution >= 0.6 is 0 Å². The van der Waals surface area contributed by atoms with Gasteiger partial charge in [0.1, 0.15) is 17.2 Å². The average molecular weight is 571 g/mol. The van der Waals surface area contributed by atoms with E-state index in [0.717, 1.165) is 49.7 Å². The van der Waals surface area contributed by atoms with Crippen LogP contribution in [0.2, 0.25) is 0 Å². The fourth-order valence-electron chi connectivity index (χ4n) is 4.95. The van der Waals surface area contributed by atoms with E-state index in [1.54, 1.807) is 19.5 Å². The molecule has 0 bridgehead atoms. The van der Waals surface area contributed by atoms with Crippen LogP contribution in [0.1, 0.15) is 114 Å². The zero-order chi connectivity index (χ0) is 31.1. The van der Waals surface area contributed by atoms with Crippen molar-refractivity contribution in [3.8, 4) is 17.2 Å². The molecule has 0 fully saturated rings. The third kappa shape index (κ3) is 8.47. The summed E-state index contributed by atoms with van der Waals surface area (Å²) < 4.78 is 5.49. The Morgan fingerprint density at radius 1 is 0.667 bits per heavy atom. The van der Waals surface area contributed by atoms with Crippen molar-refractivity contribution in [1.29, 1.82) is 0 Å². The first kappa shape index (κ1) is 32.9. The first-order valence-electron chi connectivity index (χ1n) is 15.3. The van der Waals surface area contributed by atoms with Crippen LogP contribution in [-0.2, 0) is 23.7 Å². The molecule has 0 amide bonds. The second-order valence-electron chi connectivity index (χ2n) is 13.2. The molecule has 0 unspecified atom stereocenters. The van der Waals surface area contributed by atoms with Crippen LogP contribution in [-0.4, -0.2) is 29.8 Å². The minimum Gasteiger partial charge on any atom is -0.507 e. The zero-order valence-corrected chi connectivity index (χ0v) is 27.1. The molecular weight excluding hydrogens is 520 g/mol. The molecule has 3 rings (SSSR count). The molecule has 0 heterocycles. The number of aryl methyl sites for hydroxylation is 2. The van der Waals surface area contributed by atoms with Crippen LogP contribution in [0.25, 0.3) is 0 Å². The Balaban J connectivity index is 2.09. The lowest BCUT2D eigenvalue weighted by Gasteiger charge is -2.23. The third-order valence-corrected chi connectivity index (χ3v) is 7.52. The highest BCUT2D eigenvalue weighted by molar-refractivity contribution is 5.90. The number of nitrogens with zero attached hydrogens (tertiary/aromatic N) is 2. The van der Waals surface area contributed by atoms with E-state index in [0.29, 0.717) is 28.3 Å². The molecule has 0 saturated carbocycles. The zero-order valence-electron chi connectivity index (χ0n) is 27.1. The fraction of sp³-hybridized carbons (Fsp3) is 0.459. The van der Waals surface area contributed by atoms with E-state index in [1.807, 2.05) is 30.3 Å². The Bertz CT molecular complexity index is 1420. The van der Waals surface area contributed by atoms with Crippen LogP contribution in [0, 0.1) is 0 Å². The van der Waals surface area contributed by atoms with Gasteiger partial charge in [-0.05, 0) is 71.9 Å². The molecule has 0 aliphatic carbocycles. The molecule has 3 aromatic rings. The van der Waals surface area contributed by atoms with E-state index >= 15 is 0 Å². The lowest BCUT2D eigenvalue weighted by molar-refractivity contribution is 0.415. The van der Waals surface area contributed by atoms with Crippen molar-refractivity contribution in [1.82, 2.24) is 0 Å². The summed E-state index contributed by atoms with van der Waals surface area (Å²) in [5.74, 6) is 1.17. The third-order valence-electron chi connectivity index (χ3n) is 7.52. The summed E-state index contributed by atoms with van der Waals surface area (Å²) in [5.41, 5.74) is 6.43. The van der Waals surface area contributed by atoms with Crippen molar-refractivity contribution in [3.63, 3.8) is 0 Å². The van der Waals surface area contributed by atoms with Crippen LogP contribution in [0.3, 0.4) is 0 Å². The van der Waals surface area contributed by atoms with Gasteiger partial charge >= 0.3 is 0 Å². The number of ether oxygens (including phenoxy) is 1. The summed E-state index contributed by atoms with van der Waals surface area (Å²) in [5, 5.41) is 22.4. The number of rotatable bonds is 11. The van der Waals surface area contributed by atoms with Gasteiger partial charge in [-0.1, -0.05) is 80.4 Å². The Morgan fingerprint density at radius 3 is 1.52 bits per heavy atom. The summed E-state index contributed by atoms with van der Waals surface area (Å²) in [7, 11) is 1.62. The summed E-state index contributed by atoms with van der Waals surface area (Å²) in [6.45, 7) is 17.0. The smallest absolute Gasteiger partial charge is 0.128 e. The van der Waals surface area contributed by atoms with Crippen molar-refractivity contribution in [2.24, 2.45) is 9.98 Å². The average Bonchev–Trinajstić information content (AvgIpc) is 2.93. The second-order valence-corrected chi connectivity index (χ2v) is 13.2. The number of methoxy groups -OCH3 is 1. The predicted molar refractivity (Wildman–Crippen MR) is 178 cm³/mol. The molecule has 0 aliphatic rings. The van der Waals surface area contributed by atoms with Gasteiger partial charge in [-0.2, -0.15) is 0 Å². The molecule has 5 nitrogen and oxygen atoms in total. The highest BCUT2D eigenvalue weighted by Gasteiger charge is 2.22. The Hall–Kier alpha value is -3.60. The maximum absolute atomic E-state index is 11.2. The fourth-order valence-corrected chi connectivity index (χ4v) is 4.95. The molecule has 0 saturated heterocycles. The molecular formula is C37H50N2O3. The predicted octanol–water partition coefficient (Wildman–Crippen LogP) is 9.89. The first-order chi connectivity index (χ1) is 19.8. The number of hydrogen-bond donors (Lipinski definition) is 2. The van der Waals surface area contributed by atoms with Crippen molar-refractivity contribution < 1.29 is 14.9 Å². The molecule has 0 aliphatic heterocycles. The summed E-state index contributed by atoms with van der Waals surface area (Å²) in [4.78, 5) is 9.59. The molecule has 3 aromatic carbocycles.